The van der Waals surface area contributed by atoms with Crippen molar-refractivity contribution < 1.29 is 8.42 Å². The molecule has 0 aliphatic carbocycles. The molecular weight excluding hydrogens is 312 g/mol. The maximum absolute atomic E-state index is 12.4. The van der Waals surface area contributed by atoms with Gasteiger partial charge in [-0.15, -0.1) is 0 Å². The predicted octanol–water partition coefficient (Wildman–Crippen LogP) is 1.57. The quantitative estimate of drug-likeness (QED) is 0.751. The first-order valence-electron chi connectivity index (χ1n) is 6.34. The molecule has 0 spiro atoms. The first-order chi connectivity index (χ1) is 9.94. The van der Waals surface area contributed by atoms with Gasteiger partial charge in [-0.2, -0.15) is 0 Å². The number of nitrogens with one attached hydrogen (secondary N) is 3. The fourth-order valence-corrected chi connectivity index (χ4v) is 3.62. The summed E-state index contributed by atoms with van der Waals surface area (Å²) in [7, 11) is -1.84. The van der Waals surface area contributed by atoms with Gasteiger partial charge in [-0.1, -0.05) is 11.6 Å². The highest BCUT2D eigenvalue weighted by molar-refractivity contribution is 7.89. The van der Waals surface area contributed by atoms with E-state index in [4.69, 9.17) is 11.6 Å². The molecule has 21 heavy (non-hydrogen) atoms. The summed E-state index contributed by atoms with van der Waals surface area (Å²) >= 11 is 6.03. The Bertz CT molecular complexity index is 714. The van der Waals surface area contributed by atoms with Gasteiger partial charge in [-0.05, 0) is 37.2 Å². The van der Waals surface area contributed by atoms with Crippen molar-refractivity contribution in [2.75, 3.05) is 7.05 Å². The van der Waals surface area contributed by atoms with Crippen molar-refractivity contribution in [3.05, 3.63) is 46.5 Å². The zero-order chi connectivity index (χ0) is 15.5. The standard InChI is InChI=1S/C13H17ClN4O2S/c1-9-10(5-15-2)3-11(14)4-13(9)21(19,20)18-7-12-6-16-8-17-12/h3-4,6,8,15,18H,5,7H2,1-2H3,(H,16,17). The highest BCUT2D eigenvalue weighted by atomic mass is 35.5. The summed E-state index contributed by atoms with van der Waals surface area (Å²) in [5.74, 6) is 0. The molecule has 0 atom stereocenters. The van der Waals surface area contributed by atoms with E-state index in [1.165, 1.54) is 12.4 Å². The van der Waals surface area contributed by atoms with E-state index >= 15 is 0 Å². The fourth-order valence-electron chi connectivity index (χ4n) is 1.99. The molecule has 8 heteroatoms. The topological polar surface area (TPSA) is 86.9 Å². The summed E-state index contributed by atoms with van der Waals surface area (Å²) in [6.07, 6.45) is 3.07. The fraction of sp³-hybridized carbons (Fsp3) is 0.308. The lowest BCUT2D eigenvalue weighted by Crippen LogP contribution is -2.24. The van der Waals surface area contributed by atoms with E-state index in [1.807, 2.05) is 0 Å². The lowest BCUT2D eigenvalue weighted by molar-refractivity contribution is 0.579. The molecule has 0 aliphatic rings. The molecule has 0 amide bonds. The predicted molar refractivity (Wildman–Crippen MR) is 81.6 cm³/mol. The number of nitrogens with zero attached hydrogens (tertiary/aromatic N) is 1. The molecule has 1 heterocycles. The Balaban J connectivity index is 2.30. The minimum atomic E-state index is -3.64. The van der Waals surface area contributed by atoms with Gasteiger partial charge >= 0.3 is 0 Å². The number of aromatic amines is 1. The second kappa shape index (κ2) is 6.57. The van der Waals surface area contributed by atoms with Crippen molar-refractivity contribution in [3.8, 4) is 0 Å². The summed E-state index contributed by atoms with van der Waals surface area (Å²) < 4.78 is 27.4. The van der Waals surface area contributed by atoms with E-state index in [0.717, 1.165) is 5.56 Å². The molecule has 3 N–H and O–H groups in total. The molecule has 0 aliphatic heterocycles. The van der Waals surface area contributed by atoms with Crippen LogP contribution < -0.4 is 10.0 Å². The van der Waals surface area contributed by atoms with Crippen molar-refractivity contribution in [1.29, 1.82) is 0 Å². The Morgan fingerprint density at radius 1 is 1.33 bits per heavy atom. The number of benzene rings is 1. The lowest BCUT2D eigenvalue weighted by atomic mass is 10.1. The van der Waals surface area contributed by atoms with Gasteiger partial charge in [0.1, 0.15) is 0 Å². The van der Waals surface area contributed by atoms with E-state index in [-0.39, 0.29) is 11.4 Å². The normalized spacial score (nSPS) is 11.8. The molecule has 2 aromatic rings. The molecule has 0 saturated carbocycles. The molecule has 2 rings (SSSR count). The highest BCUT2D eigenvalue weighted by Gasteiger charge is 2.19. The maximum Gasteiger partial charge on any atom is 0.241 e. The molecular formula is C13H17ClN4O2S. The van der Waals surface area contributed by atoms with Gasteiger partial charge in [0.15, 0.2) is 0 Å². The van der Waals surface area contributed by atoms with Crippen LogP contribution in [0.4, 0.5) is 0 Å². The summed E-state index contributed by atoms with van der Waals surface area (Å²) in [5.41, 5.74) is 2.23. The third-order valence-electron chi connectivity index (χ3n) is 3.10. The first kappa shape index (κ1) is 16.0. The Kier molecular flexibility index (Phi) is 5.00. The average molecular weight is 329 g/mol. The highest BCUT2D eigenvalue weighted by Crippen LogP contribution is 2.24. The summed E-state index contributed by atoms with van der Waals surface area (Å²) in [6, 6.07) is 3.23. The second-order valence-electron chi connectivity index (χ2n) is 4.62. The Hall–Kier alpha value is -1.41. The molecule has 0 fully saturated rings. The van der Waals surface area contributed by atoms with E-state index in [9.17, 15) is 8.42 Å². The van der Waals surface area contributed by atoms with E-state index in [0.29, 0.717) is 22.8 Å². The van der Waals surface area contributed by atoms with Gasteiger partial charge < -0.3 is 10.3 Å². The van der Waals surface area contributed by atoms with Crippen LogP contribution in [0.5, 0.6) is 0 Å². The molecule has 0 unspecified atom stereocenters. The van der Waals surface area contributed by atoms with Crippen LogP contribution in [0.1, 0.15) is 16.8 Å². The number of sulfonamides is 1. The van der Waals surface area contributed by atoms with Gasteiger partial charge in [0.2, 0.25) is 10.0 Å². The van der Waals surface area contributed by atoms with Crippen LogP contribution in [-0.2, 0) is 23.1 Å². The molecule has 0 saturated heterocycles. The zero-order valence-electron chi connectivity index (χ0n) is 11.8. The third-order valence-corrected chi connectivity index (χ3v) is 4.84. The minimum Gasteiger partial charge on any atom is -0.347 e. The monoisotopic (exact) mass is 328 g/mol. The molecule has 0 bridgehead atoms. The lowest BCUT2D eigenvalue weighted by Gasteiger charge is -2.13. The van der Waals surface area contributed by atoms with E-state index in [1.54, 1.807) is 26.2 Å². The van der Waals surface area contributed by atoms with Crippen LogP contribution in [0, 0.1) is 6.92 Å². The number of hydrogen-bond acceptors (Lipinski definition) is 4. The SMILES string of the molecule is CNCc1cc(Cl)cc(S(=O)(=O)NCc2cnc[nH]2)c1C. The summed E-state index contributed by atoms with van der Waals surface area (Å²) in [4.78, 5) is 6.88. The number of H-pyrrole nitrogens is 1. The number of halogens is 1. The average Bonchev–Trinajstić information content (AvgIpc) is 2.94. The van der Waals surface area contributed by atoms with Crippen molar-refractivity contribution in [3.63, 3.8) is 0 Å². The smallest absolute Gasteiger partial charge is 0.241 e. The second-order valence-corrected chi connectivity index (χ2v) is 6.79. The van der Waals surface area contributed by atoms with Crippen molar-refractivity contribution >= 4 is 21.6 Å². The van der Waals surface area contributed by atoms with Crippen LogP contribution in [0.3, 0.4) is 0 Å². The van der Waals surface area contributed by atoms with Crippen molar-refractivity contribution in [1.82, 2.24) is 20.0 Å². The molecule has 6 nitrogen and oxygen atoms in total. The molecule has 0 radical (unpaired) electrons. The largest absolute Gasteiger partial charge is 0.347 e. The Labute approximate surface area is 129 Å². The Morgan fingerprint density at radius 3 is 2.71 bits per heavy atom. The number of imidazole rings is 1. The molecule has 1 aromatic heterocycles. The Morgan fingerprint density at radius 2 is 2.10 bits per heavy atom. The van der Waals surface area contributed by atoms with Gasteiger partial charge in [-0.25, -0.2) is 18.1 Å². The van der Waals surface area contributed by atoms with Crippen molar-refractivity contribution in [2.24, 2.45) is 0 Å². The first-order valence-corrected chi connectivity index (χ1v) is 8.20. The summed E-state index contributed by atoms with van der Waals surface area (Å²) in [5, 5.41) is 3.39. The van der Waals surface area contributed by atoms with Gasteiger partial charge in [0, 0.05) is 23.5 Å². The van der Waals surface area contributed by atoms with Gasteiger partial charge in [0.25, 0.3) is 0 Å². The van der Waals surface area contributed by atoms with Gasteiger partial charge in [-0.3, -0.25) is 0 Å². The van der Waals surface area contributed by atoms with E-state index < -0.39 is 10.0 Å². The van der Waals surface area contributed by atoms with Crippen LogP contribution >= 0.6 is 11.6 Å². The van der Waals surface area contributed by atoms with Crippen LogP contribution in [0.2, 0.25) is 5.02 Å². The van der Waals surface area contributed by atoms with Crippen LogP contribution in [0.15, 0.2) is 29.6 Å². The number of hydrogen-bond donors (Lipinski definition) is 3. The zero-order valence-corrected chi connectivity index (χ0v) is 13.3. The van der Waals surface area contributed by atoms with Gasteiger partial charge in [0.05, 0.1) is 17.8 Å². The van der Waals surface area contributed by atoms with Crippen molar-refractivity contribution in [2.45, 2.75) is 24.9 Å². The van der Waals surface area contributed by atoms with Crippen LogP contribution in [0.25, 0.3) is 0 Å². The number of aromatic nitrogens is 2. The van der Waals surface area contributed by atoms with Crippen LogP contribution in [-0.4, -0.2) is 25.4 Å². The maximum atomic E-state index is 12.4. The third kappa shape index (κ3) is 3.82. The number of rotatable bonds is 6. The summed E-state index contributed by atoms with van der Waals surface area (Å²) in [6.45, 7) is 2.47. The molecule has 1 aromatic carbocycles. The van der Waals surface area contributed by atoms with E-state index in [2.05, 4.69) is 20.0 Å². The minimum absolute atomic E-state index is 0.148. The molecule has 114 valence electrons.